The minimum Gasteiger partial charge on any atom is -0.309 e. The van der Waals surface area contributed by atoms with Crippen molar-refractivity contribution in [1.29, 1.82) is 0 Å². The van der Waals surface area contributed by atoms with Crippen LogP contribution in [-0.2, 0) is 18.4 Å². The lowest BCUT2D eigenvalue weighted by atomic mass is 9.60. The van der Waals surface area contributed by atoms with Gasteiger partial charge in [0, 0.05) is 27.5 Å². The summed E-state index contributed by atoms with van der Waals surface area (Å²) in [5.74, 6) is 0.493. The van der Waals surface area contributed by atoms with Crippen molar-refractivity contribution >= 4 is 27.5 Å². The lowest BCUT2D eigenvalue weighted by Crippen LogP contribution is -2.52. The van der Waals surface area contributed by atoms with Crippen LogP contribution in [0.25, 0.3) is 0 Å². The molecular weight excluding hydrogens is 454 g/mol. The van der Waals surface area contributed by atoms with Crippen LogP contribution in [-0.4, -0.2) is 6.04 Å². The van der Waals surface area contributed by atoms with Crippen LogP contribution in [0.4, 0.5) is 0 Å². The Bertz CT molecular complexity index is 1030. The molecule has 3 aromatic carbocycles. The Balaban J connectivity index is 1.53. The van der Waals surface area contributed by atoms with E-state index < -0.39 is 0 Å². The summed E-state index contributed by atoms with van der Waals surface area (Å²) in [5, 5.41) is 4.82. The van der Waals surface area contributed by atoms with Gasteiger partial charge in [-0.3, -0.25) is 0 Å². The van der Waals surface area contributed by atoms with E-state index in [0.717, 1.165) is 22.5 Å². The molecule has 5 rings (SSSR count). The molecule has 0 heterocycles. The zero-order valence-corrected chi connectivity index (χ0v) is 19.4. The lowest BCUT2D eigenvalue weighted by Gasteiger charge is -2.47. The van der Waals surface area contributed by atoms with Crippen LogP contribution in [0.3, 0.4) is 0 Å². The van der Waals surface area contributed by atoms with Crippen LogP contribution >= 0.6 is 27.5 Å². The number of benzene rings is 3. The topological polar surface area (TPSA) is 12.0 Å². The zero-order chi connectivity index (χ0) is 20.6. The third-order valence-electron chi connectivity index (χ3n) is 7.23. The van der Waals surface area contributed by atoms with Crippen molar-refractivity contribution in [2.75, 3.05) is 0 Å². The Morgan fingerprint density at radius 2 is 1.80 bits per heavy atom. The van der Waals surface area contributed by atoms with Crippen molar-refractivity contribution in [3.05, 3.63) is 105 Å². The second-order valence-corrected chi connectivity index (χ2v) is 10.2. The van der Waals surface area contributed by atoms with Gasteiger partial charge in [0.15, 0.2) is 0 Å². The number of hydrogen-bond donors (Lipinski definition) is 1. The molecule has 0 amide bonds. The van der Waals surface area contributed by atoms with E-state index in [1.165, 1.54) is 42.4 Å². The van der Waals surface area contributed by atoms with Crippen molar-refractivity contribution in [3.63, 3.8) is 0 Å². The van der Waals surface area contributed by atoms with Gasteiger partial charge in [-0.1, -0.05) is 88.9 Å². The molecule has 1 fully saturated rings. The highest BCUT2D eigenvalue weighted by Gasteiger charge is 2.52. The van der Waals surface area contributed by atoms with Crippen LogP contribution in [0.5, 0.6) is 0 Å². The van der Waals surface area contributed by atoms with Crippen LogP contribution in [0, 0.1) is 0 Å². The molecule has 0 aromatic heterocycles. The molecule has 1 unspecified atom stereocenters. The summed E-state index contributed by atoms with van der Waals surface area (Å²) in [6.07, 6.45) is 6.19. The van der Waals surface area contributed by atoms with E-state index >= 15 is 0 Å². The Kier molecular flexibility index (Phi) is 5.75. The highest BCUT2D eigenvalue weighted by atomic mass is 79.9. The smallest absolute Gasteiger partial charge is 0.0406 e. The minimum atomic E-state index is 0.148. The van der Waals surface area contributed by atoms with E-state index in [2.05, 4.69) is 94.0 Å². The van der Waals surface area contributed by atoms with Crippen molar-refractivity contribution in [2.24, 2.45) is 0 Å². The summed E-state index contributed by atoms with van der Waals surface area (Å²) in [5.41, 5.74) is 5.99. The van der Waals surface area contributed by atoms with Gasteiger partial charge < -0.3 is 5.32 Å². The normalized spacial score (nSPS) is 25.4. The van der Waals surface area contributed by atoms with Gasteiger partial charge in [0.05, 0.1) is 0 Å². The number of fused-ring (bicyclic) bond motifs is 2. The first-order valence-electron chi connectivity index (χ1n) is 11.0. The second-order valence-electron chi connectivity index (χ2n) is 8.81. The Hall–Kier alpha value is -1.61. The molecule has 2 aliphatic carbocycles. The largest absolute Gasteiger partial charge is 0.309 e. The van der Waals surface area contributed by atoms with Gasteiger partial charge in [-0.05, 0) is 71.7 Å². The summed E-state index contributed by atoms with van der Waals surface area (Å²) in [6, 6.07) is 26.9. The Morgan fingerprint density at radius 3 is 2.63 bits per heavy atom. The maximum atomic E-state index is 6.23. The van der Waals surface area contributed by atoms with Crippen LogP contribution in [0.15, 0.2) is 77.3 Å². The molecule has 1 nitrogen and oxygen atoms in total. The average molecular weight is 481 g/mol. The quantitative estimate of drug-likeness (QED) is 0.410. The monoisotopic (exact) mass is 479 g/mol. The summed E-state index contributed by atoms with van der Waals surface area (Å²) >= 11 is 9.84. The first-order chi connectivity index (χ1) is 14.7. The highest BCUT2D eigenvalue weighted by Crippen LogP contribution is 2.56. The molecular formula is C27H27BrClN. The number of nitrogens with one attached hydrogen (secondary N) is 1. The second kappa shape index (κ2) is 8.49. The van der Waals surface area contributed by atoms with Crippen LogP contribution in [0.1, 0.15) is 53.9 Å². The summed E-state index contributed by atoms with van der Waals surface area (Å²) in [4.78, 5) is 0. The van der Waals surface area contributed by atoms with E-state index in [1.807, 2.05) is 0 Å². The fraction of sp³-hybridized carbons (Fsp3) is 0.333. The van der Waals surface area contributed by atoms with Gasteiger partial charge >= 0.3 is 0 Å². The maximum absolute atomic E-state index is 6.23. The Morgan fingerprint density at radius 1 is 0.967 bits per heavy atom. The molecule has 0 bridgehead atoms. The molecule has 0 radical (unpaired) electrons. The standard InChI is InChI=1S/C27H27BrClN/c28-22-8-5-6-19(16-22)18-30-26-10-3-4-15-27(26)24-9-2-1-7-21(24)17-25(27)20-11-13-23(29)14-12-20/h1-2,5-9,11-14,16,25-26,30H,3-4,10,15,17-18H2/t25-,26+,27?/m1/s1. The van der Waals surface area contributed by atoms with E-state index in [9.17, 15) is 0 Å². The lowest BCUT2D eigenvalue weighted by molar-refractivity contribution is 0.185. The van der Waals surface area contributed by atoms with Crippen molar-refractivity contribution in [1.82, 2.24) is 5.32 Å². The van der Waals surface area contributed by atoms with E-state index in [-0.39, 0.29) is 5.41 Å². The molecule has 0 saturated heterocycles. The molecule has 3 heteroatoms. The van der Waals surface area contributed by atoms with Gasteiger partial charge in [0.1, 0.15) is 0 Å². The fourth-order valence-corrected chi connectivity index (χ4v) is 6.53. The first kappa shape index (κ1) is 20.3. The van der Waals surface area contributed by atoms with Gasteiger partial charge in [0.2, 0.25) is 0 Å². The van der Waals surface area contributed by atoms with Crippen LogP contribution < -0.4 is 5.32 Å². The molecule has 1 spiro atoms. The predicted molar refractivity (Wildman–Crippen MR) is 129 cm³/mol. The molecule has 2 aliphatic rings. The van der Waals surface area contributed by atoms with Gasteiger partial charge in [0.25, 0.3) is 0 Å². The van der Waals surface area contributed by atoms with E-state index in [0.29, 0.717) is 12.0 Å². The first-order valence-corrected chi connectivity index (χ1v) is 12.2. The molecule has 3 atom stereocenters. The fourth-order valence-electron chi connectivity index (χ4n) is 5.96. The zero-order valence-electron chi connectivity index (χ0n) is 17.1. The number of rotatable bonds is 4. The SMILES string of the molecule is Clc1ccc([C@H]2Cc3ccccc3C23CCCC[C@@H]3NCc2cccc(Br)c2)cc1. The summed E-state index contributed by atoms with van der Waals surface area (Å²) < 4.78 is 1.14. The third-order valence-corrected chi connectivity index (χ3v) is 7.98. The molecule has 1 saturated carbocycles. The highest BCUT2D eigenvalue weighted by molar-refractivity contribution is 9.10. The summed E-state index contributed by atoms with van der Waals surface area (Å²) in [7, 11) is 0. The average Bonchev–Trinajstić information content (AvgIpc) is 3.09. The maximum Gasteiger partial charge on any atom is 0.0406 e. The van der Waals surface area contributed by atoms with Crippen molar-refractivity contribution in [3.8, 4) is 0 Å². The summed E-state index contributed by atoms with van der Waals surface area (Å²) in [6.45, 7) is 0.904. The van der Waals surface area contributed by atoms with Gasteiger partial charge in [-0.2, -0.15) is 0 Å². The van der Waals surface area contributed by atoms with Gasteiger partial charge in [-0.25, -0.2) is 0 Å². The predicted octanol–water partition coefficient (Wildman–Crippen LogP) is 7.41. The number of halogens is 2. The van der Waals surface area contributed by atoms with Gasteiger partial charge in [-0.15, -0.1) is 0 Å². The molecule has 0 aliphatic heterocycles. The van der Waals surface area contributed by atoms with E-state index in [1.54, 1.807) is 5.56 Å². The third kappa shape index (κ3) is 3.64. The Labute approximate surface area is 193 Å². The van der Waals surface area contributed by atoms with Crippen LogP contribution in [0.2, 0.25) is 5.02 Å². The molecule has 3 aromatic rings. The van der Waals surface area contributed by atoms with E-state index in [4.69, 9.17) is 11.6 Å². The molecule has 30 heavy (non-hydrogen) atoms. The van der Waals surface area contributed by atoms with Crippen molar-refractivity contribution in [2.45, 2.75) is 56.0 Å². The molecule has 1 N–H and O–H groups in total. The molecule has 154 valence electrons. The number of hydrogen-bond acceptors (Lipinski definition) is 1. The minimum absolute atomic E-state index is 0.148. The van der Waals surface area contributed by atoms with Crippen molar-refractivity contribution < 1.29 is 0 Å².